The lowest BCUT2D eigenvalue weighted by Gasteiger charge is -2.29. The smallest absolute Gasteiger partial charge is 0.159 e. The van der Waals surface area contributed by atoms with E-state index in [1.165, 1.54) is 18.4 Å². The van der Waals surface area contributed by atoms with Crippen LogP contribution >= 0.6 is 0 Å². The minimum absolute atomic E-state index is 0.578. The summed E-state index contributed by atoms with van der Waals surface area (Å²) in [5.74, 6) is 1.42. The van der Waals surface area contributed by atoms with E-state index in [0.717, 1.165) is 31.0 Å². The Labute approximate surface area is 143 Å². The molecule has 3 N–H and O–H groups in total. The number of anilines is 4. The van der Waals surface area contributed by atoms with Crippen LogP contribution in [0.3, 0.4) is 0 Å². The number of benzene rings is 1. The lowest BCUT2D eigenvalue weighted by molar-refractivity contribution is 0.122. The SMILES string of the molecule is CCCCc1ccc(Nc2ncnc(N3CCOCC3)c2N)cc1. The van der Waals surface area contributed by atoms with Gasteiger partial charge in [-0.05, 0) is 30.5 Å². The zero-order valence-corrected chi connectivity index (χ0v) is 14.2. The van der Waals surface area contributed by atoms with E-state index in [1.54, 1.807) is 6.33 Å². The molecule has 0 amide bonds. The van der Waals surface area contributed by atoms with Gasteiger partial charge in [0.1, 0.15) is 12.0 Å². The Hall–Kier alpha value is -2.34. The van der Waals surface area contributed by atoms with Gasteiger partial charge in [0.15, 0.2) is 11.6 Å². The van der Waals surface area contributed by atoms with Gasteiger partial charge in [0.2, 0.25) is 0 Å². The molecule has 24 heavy (non-hydrogen) atoms. The van der Waals surface area contributed by atoms with Crippen molar-refractivity contribution in [1.29, 1.82) is 0 Å². The molecule has 6 heteroatoms. The fraction of sp³-hybridized carbons (Fsp3) is 0.444. The number of unbranched alkanes of at least 4 members (excludes halogenated alkanes) is 1. The highest BCUT2D eigenvalue weighted by Gasteiger charge is 2.17. The van der Waals surface area contributed by atoms with Crippen LogP contribution in [0.4, 0.5) is 23.0 Å². The molecule has 0 bridgehead atoms. The Balaban J connectivity index is 1.72. The summed E-state index contributed by atoms with van der Waals surface area (Å²) >= 11 is 0. The van der Waals surface area contributed by atoms with Crippen LogP contribution in [-0.4, -0.2) is 36.3 Å². The summed E-state index contributed by atoms with van der Waals surface area (Å²) in [7, 11) is 0. The van der Waals surface area contributed by atoms with Gasteiger partial charge in [0, 0.05) is 18.8 Å². The molecule has 1 saturated heterocycles. The average Bonchev–Trinajstić information content (AvgIpc) is 2.63. The molecule has 0 radical (unpaired) electrons. The summed E-state index contributed by atoms with van der Waals surface area (Å²) in [5, 5.41) is 3.30. The van der Waals surface area contributed by atoms with Gasteiger partial charge in [0.25, 0.3) is 0 Å². The van der Waals surface area contributed by atoms with Gasteiger partial charge in [-0.1, -0.05) is 25.5 Å². The number of nitrogens with two attached hydrogens (primary N) is 1. The van der Waals surface area contributed by atoms with Crippen LogP contribution in [0.15, 0.2) is 30.6 Å². The highest BCUT2D eigenvalue weighted by molar-refractivity contribution is 5.78. The van der Waals surface area contributed by atoms with E-state index in [2.05, 4.69) is 51.4 Å². The third-order valence-corrected chi connectivity index (χ3v) is 4.21. The maximum atomic E-state index is 6.29. The van der Waals surface area contributed by atoms with E-state index in [4.69, 9.17) is 10.5 Å². The van der Waals surface area contributed by atoms with Crippen molar-refractivity contribution in [3.63, 3.8) is 0 Å². The first kappa shape index (κ1) is 16.5. The molecule has 0 aliphatic carbocycles. The first-order chi connectivity index (χ1) is 11.8. The number of hydrogen-bond acceptors (Lipinski definition) is 6. The van der Waals surface area contributed by atoms with Crippen molar-refractivity contribution in [3.8, 4) is 0 Å². The molecule has 0 unspecified atom stereocenters. The standard InChI is InChI=1S/C18H25N5O/c1-2-3-4-14-5-7-15(8-6-14)22-17-16(19)18(21-13-20-17)23-9-11-24-12-10-23/h5-8,13H,2-4,9-12,19H2,1H3,(H,20,21,22). The molecule has 3 rings (SSSR count). The van der Waals surface area contributed by atoms with Gasteiger partial charge < -0.3 is 20.7 Å². The van der Waals surface area contributed by atoms with E-state index < -0.39 is 0 Å². The maximum Gasteiger partial charge on any atom is 0.159 e. The molecule has 0 atom stereocenters. The van der Waals surface area contributed by atoms with E-state index in [9.17, 15) is 0 Å². The molecule has 6 nitrogen and oxygen atoms in total. The molecule has 1 aromatic heterocycles. The molecular weight excluding hydrogens is 302 g/mol. The number of nitrogens with zero attached hydrogens (tertiary/aromatic N) is 3. The second-order valence-electron chi connectivity index (χ2n) is 5.98. The highest BCUT2D eigenvalue weighted by atomic mass is 16.5. The number of morpholine rings is 1. The largest absolute Gasteiger partial charge is 0.393 e. The molecule has 2 aromatic rings. The number of nitrogens with one attached hydrogen (secondary N) is 1. The molecule has 0 saturated carbocycles. The minimum Gasteiger partial charge on any atom is -0.393 e. The van der Waals surface area contributed by atoms with Gasteiger partial charge >= 0.3 is 0 Å². The van der Waals surface area contributed by atoms with Crippen LogP contribution in [0.25, 0.3) is 0 Å². The van der Waals surface area contributed by atoms with Crippen molar-refractivity contribution in [3.05, 3.63) is 36.2 Å². The normalized spacial score (nSPS) is 14.6. The van der Waals surface area contributed by atoms with Crippen LogP contribution in [0.5, 0.6) is 0 Å². The highest BCUT2D eigenvalue weighted by Crippen LogP contribution is 2.29. The predicted molar refractivity (Wildman–Crippen MR) is 97.8 cm³/mol. The second-order valence-corrected chi connectivity index (χ2v) is 5.98. The van der Waals surface area contributed by atoms with Crippen molar-refractivity contribution >= 4 is 23.0 Å². The quantitative estimate of drug-likeness (QED) is 0.849. The average molecular weight is 327 g/mol. The Kier molecular flexibility index (Phi) is 5.48. The fourth-order valence-corrected chi connectivity index (χ4v) is 2.79. The first-order valence-corrected chi connectivity index (χ1v) is 8.57. The van der Waals surface area contributed by atoms with Gasteiger partial charge in [0.05, 0.1) is 13.2 Å². The van der Waals surface area contributed by atoms with Gasteiger partial charge in [-0.3, -0.25) is 0 Å². The summed E-state index contributed by atoms with van der Waals surface area (Å²) in [6, 6.07) is 8.44. The molecule has 0 spiro atoms. The number of hydrogen-bond donors (Lipinski definition) is 2. The topological polar surface area (TPSA) is 76.3 Å². The molecule has 2 heterocycles. The summed E-state index contributed by atoms with van der Waals surface area (Å²) in [6.07, 6.45) is 5.10. The number of ether oxygens (including phenoxy) is 1. The maximum absolute atomic E-state index is 6.29. The van der Waals surface area contributed by atoms with Crippen molar-refractivity contribution in [2.75, 3.05) is 42.3 Å². The van der Waals surface area contributed by atoms with Crippen LogP contribution in [-0.2, 0) is 11.2 Å². The van der Waals surface area contributed by atoms with Gasteiger partial charge in [-0.15, -0.1) is 0 Å². The van der Waals surface area contributed by atoms with Crippen LogP contribution < -0.4 is 16.0 Å². The zero-order valence-electron chi connectivity index (χ0n) is 14.2. The van der Waals surface area contributed by atoms with Crippen LogP contribution in [0, 0.1) is 0 Å². The molecule has 1 aromatic carbocycles. The van der Waals surface area contributed by atoms with E-state index in [0.29, 0.717) is 24.7 Å². The Bertz CT molecular complexity index is 653. The molecule has 1 aliphatic rings. The van der Waals surface area contributed by atoms with E-state index >= 15 is 0 Å². The summed E-state index contributed by atoms with van der Waals surface area (Å²) in [5.41, 5.74) is 9.20. The third-order valence-electron chi connectivity index (χ3n) is 4.21. The minimum atomic E-state index is 0.578. The third kappa shape index (κ3) is 3.94. The van der Waals surface area contributed by atoms with Crippen molar-refractivity contribution < 1.29 is 4.74 Å². The Morgan fingerprint density at radius 3 is 2.62 bits per heavy atom. The van der Waals surface area contributed by atoms with Crippen molar-refractivity contribution in [2.45, 2.75) is 26.2 Å². The summed E-state index contributed by atoms with van der Waals surface area (Å²) in [4.78, 5) is 10.8. The van der Waals surface area contributed by atoms with Gasteiger partial charge in [-0.25, -0.2) is 9.97 Å². The Morgan fingerprint density at radius 2 is 1.92 bits per heavy atom. The fourth-order valence-electron chi connectivity index (χ4n) is 2.79. The molecule has 1 aliphatic heterocycles. The van der Waals surface area contributed by atoms with Crippen LogP contribution in [0.2, 0.25) is 0 Å². The Morgan fingerprint density at radius 1 is 1.17 bits per heavy atom. The lowest BCUT2D eigenvalue weighted by atomic mass is 10.1. The lowest BCUT2D eigenvalue weighted by Crippen LogP contribution is -2.37. The second kappa shape index (κ2) is 7.97. The number of aromatic nitrogens is 2. The van der Waals surface area contributed by atoms with Crippen molar-refractivity contribution in [2.24, 2.45) is 0 Å². The number of rotatable bonds is 6. The zero-order chi connectivity index (χ0) is 16.8. The number of aryl methyl sites for hydroxylation is 1. The first-order valence-electron chi connectivity index (χ1n) is 8.57. The predicted octanol–water partition coefficient (Wildman–Crippen LogP) is 2.98. The summed E-state index contributed by atoms with van der Waals surface area (Å²) < 4.78 is 5.38. The molecule has 1 fully saturated rings. The molecular formula is C18H25N5O. The summed E-state index contributed by atoms with van der Waals surface area (Å²) in [6.45, 7) is 5.20. The molecule has 128 valence electrons. The van der Waals surface area contributed by atoms with E-state index in [-0.39, 0.29) is 0 Å². The van der Waals surface area contributed by atoms with Crippen LogP contribution in [0.1, 0.15) is 25.3 Å². The van der Waals surface area contributed by atoms with Crippen molar-refractivity contribution in [1.82, 2.24) is 9.97 Å². The monoisotopic (exact) mass is 327 g/mol. The number of nitrogen functional groups attached to an aromatic ring is 1. The van der Waals surface area contributed by atoms with Gasteiger partial charge in [-0.2, -0.15) is 0 Å². The van der Waals surface area contributed by atoms with E-state index in [1.807, 2.05) is 0 Å².